The molecule has 2 amide bonds. The Labute approximate surface area is 119 Å². The Bertz CT molecular complexity index is 474. The van der Waals surface area contributed by atoms with E-state index in [0.29, 0.717) is 0 Å². The molecule has 20 heavy (non-hydrogen) atoms. The predicted molar refractivity (Wildman–Crippen MR) is 78.6 cm³/mol. The van der Waals surface area contributed by atoms with Crippen LogP contribution in [0.4, 0.5) is 10.5 Å². The summed E-state index contributed by atoms with van der Waals surface area (Å²) in [6, 6.07) is 6.40. The third-order valence-electron chi connectivity index (χ3n) is 3.35. The van der Waals surface area contributed by atoms with E-state index in [0.717, 1.165) is 17.7 Å². The minimum absolute atomic E-state index is 0.00469. The second-order valence-electron chi connectivity index (χ2n) is 4.80. The van der Waals surface area contributed by atoms with Crippen molar-refractivity contribution in [3.05, 3.63) is 29.8 Å². The van der Waals surface area contributed by atoms with Crippen LogP contribution in [0.15, 0.2) is 24.3 Å². The van der Waals surface area contributed by atoms with Crippen LogP contribution >= 0.6 is 0 Å². The lowest BCUT2D eigenvalue weighted by Crippen LogP contribution is -2.47. The first-order chi connectivity index (χ1) is 9.49. The Balaban J connectivity index is 2.72. The molecule has 0 aliphatic rings. The van der Waals surface area contributed by atoms with E-state index in [1.807, 2.05) is 45.0 Å². The molecule has 0 saturated heterocycles. The van der Waals surface area contributed by atoms with Crippen molar-refractivity contribution in [2.24, 2.45) is 5.92 Å². The van der Waals surface area contributed by atoms with E-state index < -0.39 is 18.0 Å². The molecule has 2 atom stereocenters. The van der Waals surface area contributed by atoms with Crippen LogP contribution in [-0.4, -0.2) is 25.2 Å². The number of hydrogen-bond donors (Lipinski definition) is 2. The Kier molecular flexibility index (Phi) is 6.03. The maximum Gasteiger partial charge on any atom is 0.328 e. The summed E-state index contributed by atoms with van der Waals surface area (Å²) >= 11 is 0. The second kappa shape index (κ2) is 7.53. The summed E-state index contributed by atoms with van der Waals surface area (Å²) in [6.45, 7) is 5.76. The maximum absolute atomic E-state index is 12.0. The molecule has 110 valence electrons. The van der Waals surface area contributed by atoms with Gasteiger partial charge in [0, 0.05) is 5.69 Å². The third-order valence-corrected chi connectivity index (χ3v) is 3.35. The Morgan fingerprint density at radius 1 is 1.30 bits per heavy atom. The van der Waals surface area contributed by atoms with Gasteiger partial charge in [-0.3, -0.25) is 0 Å². The fourth-order valence-electron chi connectivity index (χ4n) is 1.81. The SMILES string of the molecule is CC[C@@H](C)[C@H](NC(=O)Nc1ccccc1C)C(=O)OC. The number of nitrogens with one attached hydrogen (secondary N) is 2. The highest BCUT2D eigenvalue weighted by Crippen LogP contribution is 2.14. The van der Waals surface area contributed by atoms with Crippen molar-refractivity contribution in [2.75, 3.05) is 12.4 Å². The number of carbonyl (C=O) groups is 2. The zero-order chi connectivity index (χ0) is 15.1. The average molecular weight is 278 g/mol. The molecule has 0 aliphatic heterocycles. The number of esters is 1. The molecule has 0 saturated carbocycles. The Morgan fingerprint density at radius 3 is 2.50 bits per heavy atom. The first kappa shape index (κ1) is 16.0. The summed E-state index contributed by atoms with van der Waals surface area (Å²) < 4.78 is 4.73. The topological polar surface area (TPSA) is 67.4 Å². The van der Waals surface area contributed by atoms with Crippen LogP contribution in [0.2, 0.25) is 0 Å². The zero-order valence-corrected chi connectivity index (χ0v) is 12.4. The molecule has 0 heterocycles. The fourth-order valence-corrected chi connectivity index (χ4v) is 1.81. The Morgan fingerprint density at radius 2 is 1.95 bits per heavy atom. The van der Waals surface area contributed by atoms with Gasteiger partial charge in [-0.15, -0.1) is 0 Å². The quantitative estimate of drug-likeness (QED) is 0.814. The van der Waals surface area contributed by atoms with Crippen LogP contribution in [0.25, 0.3) is 0 Å². The van der Waals surface area contributed by atoms with Crippen LogP contribution in [0.3, 0.4) is 0 Å². The first-order valence-corrected chi connectivity index (χ1v) is 6.70. The summed E-state index contributed by atoms with van der Waals surface area (Å²) in [5, 5.41) is 5.41. The molecule has 0 aromatic heterocycles. The molecule has 0 aliphatic carbocycles. The van der Waals surface area contributed by atoms with Crippen molar-refractivity contribution in [1.82, 2.24) is 5.32 Å². The number of methoxy groups -OCH3 is 1. The Hall–Kier alpha value is -2.04. The highest BCUT2D eigenvalue weighted by atomic mass is 16.5. The van der Waals surface area contributed by atoms with Crippen molar-refractivity contribution in [1.29, 1.82) is 0 Å². The van der Waals surface area contributed by atoms with E-state index in [2.05, 4.69) is 10.6 Å². The standard InChI is InChI=1S/C15H22N2O3/c1-5-10(2)13(14(18)20-4)17-15(19)16-12-9-7-6-8-11(12)3/h6-10,13H,5H2,1-4H3,(H2,16,17,19)/t10-,13+/m1/s1. The monoisotopic (exact) mass is 278 g/mol. The van der Waals surface area contributed by atoms with Crippen LogP contribution in [0, 0.1) is 12.8 Å². The molecule has 0 fully saturated rings. The minimum Gasteiger partial charge on any atom is -0.467 e. The van der Waals surface area contributed by atoms with Crippen LogP contribution in [0.5, 0.6) is 0 Å². The lowest BCUT2D eigenvalue weighted by Gasteiger charge is -2.22. The number of carbonyl (C=O) groups excluding carboxylic acids is 2. The summed E-state index contributed by atoms with van der Waals surface area (Å²) in [5.74, 6) is -0.427. The highest BCUT2D eigenvalue weighted by molar-refractivity contribution is 5.93. The smallest absolute Gasteiger partial charge is 0.328 e. The van der Waals surface area contributed by atoms with Gasteiger partial charge < -0.3 is 15.4 Å². The van der Waals surface area contributed by atoms with Gasteiger partial charge in [0.2, 0.25) is 0 Å². The van der Waals surface area contributed by atoms with E-state index in [1.165, 1.54) is 7.11 Å². The molecule has 1 rings (SSSR count). The van der Waals surface area contributed by atoms with Crippen molar-refractivity contribution in [2.45, 2.75) is 33.2 Å². The van der Waals surface area contributed by atoms with E-state index in [-0.39, 0.29) is 5.92 Å². The summed E-state index contributed by atoms with van der Waals surface area (Å²) in [4.78, 5) is 23.7. The van der Waals surface area contributed by atoms with Gasteiger partial charge in [0.15, 0.2) is 0 Å². The highest BCUT2D eigenvalue weighted by Gasteiger charge is 2.26. The van der Waals surface area contributed by atoms with E-state index in [1.54, 1.807) is 0 Å². The second-order valence-corrected chi connectivity index (χ2v) is 4.80. The predicted octanol–water partition coefficient (Wildman–Crippen LogP) is 2.70. The summed E-state index contributed by atoms with van der Waals surface area (Å²) in [7, 11) is 1.32. The van der Waals surface area contributed by atoms with Gasteiger partial charge in [0.25, 0.3) is 0 Å². The maximum atomic E-state index is 12.0. The minimum atomic E-state index is -0.644. The van der Waals surface area contributed by atoms with Gasteiger partial charge in [0.1, 0.15) is 6.04 Å². The van der Waals surface area contributed by atoms with Crippen molar-refractivity contribution < 1.29 is 14.3 Å². The summed E-state index contributed by atoms with van der Waals surface area (Å²) in [5.41, 5.74) is 1.68. The van der Waals surface area contributed by atoms with E-state index in [4.69, 9.17) is 4.74 Å². The number of rotatable bonds is 5. The molecule has 5 heteroatoms. The van der Waals surface area contributed by atoms with Crippen LogP contribution in [0.1, 0.15) is 25.8 Å². The normalized spacial score (nSPS) is 13.2. The molecule has 0 bridgehead atoms. The first-order valence-electron chi connectivity index (χ1n) is 6.70. The van der Waals surface area contributed by atoms with Crippen LogP contribution < -0.4 is 10.6 Å². The van der Waals surface area contributed by atoms with Gasteiger partial charge in [-0.05, 0) is 24.5 Å². The molecule has 1 aromatic carbocycles. The largest absolute Gasteiger partial charge is 0.467 e. The molecule has 0 radical (unpaired) electrons. The molecular weight excluding hydrogens is 256 g/mol. The molecule has 0 spiro atoms. The molecule has 0 unspecified atom stereocenters. The molecule has 2 N–H and O–H groups in total. The fraction of sp³-hybridized carbons (Fsp3) is 0.467. The van der Waals surface area contributed by atoms with Crippen molar-refractivity contribution in [3.8, 4) is 0 Å². The number of hydrogen-bond acceptors (Lipinski definition) is 3. The number of ether oxygens (including phenoxy) is 1. The third kappa shape index (κ3) is 4.26. The zero-order valence-electron chi connectivity index (χ0n) is 12.4. The van der Waals surface area contributed by atoms with Gasteiger partial charge in [-0.2, -0.15) is 0 Å². The number of benzene rings is 1. The van der Waals surface area contributed by atoms with Gasteiger partial charge in [-0.1, -0.05) is 38.5 Å². The molecule has 1 aromatic rings. The number of urea groups is 1. The van der Waals surface area contributed by atoms with Crippen molar-refractivity contribution >= 4 is 17.7 Å². The molecular formula is C15H22N2O3. The lowest BCUT2D eigenvalue weighted by atomic mass is 9.99. The number of para-hydroxylation sites is 1. The van der Waals surface area contributed by atoms with Crippen LogP contribution in [-0.2, 0) is 9.53 Å². The number of anilines is 1. The lowest BCUT2D eigenvalue weighted by molar-refractivity contribution is -0.144. The van der Waals surface area contributed by atoms with Gasteiger partial charge in [-0.25, -0.2) is 9.59 Å². The molecule has 5 nitrogen and oxygen atoms in total. The number of amides is 2. The average Bonchev–Trinajstić information content (AvgIpc) is 2.45. The number of aryl methyl sites for hydroxylation is 1. The van der Waals surface area contributed by atoms with E-state index >= 15 is 0 Å². The van der Waals surface area contributed by atoms with Crippen molar-refractivity contribution in [3.63, 3.8) is 0 Å². The van der Waals surface area contributed by atoms with Gasteiger partial charge in [0.05, 0.1) is 7.11 Å². The van der Waals surface area contributed by atoms with E-state index in [9.17, 15) is 9.59 Å². The summed E-state index contributed by atoms with van der Waals surface area (Å²) in [6.07, 6.45) is 0.768. The van der Waals surface area contributed by atoms with Gasteiger partial charge >= 0.3 is 12.0 Å².